The van der Waals surface area contributed by atoms with Gasteiger partial charge in [0.15, 0.2) is 0 Å². The molecule has 1 aliphatic rings. The van der Waals surface area contributed by atoms with Crippen LogP contribution in [0.1, 0.15) is 30.6 Å². The summed E-state index contributed by atoms with van der Waals surface area (Å²) in [6.45, 7) is 5.64. The van der Waals surface area contributed by atoms with Crippen molar-refractivity contribution < 1.29 is 9.53 Å². The summed E-state index contributed by atoms with van der Waals surface area (Å²) in [5.41, 5.74) is 0.264. The van der Waals surface area contributed by atoms with Gasteiger partial charge in [-0.3, -0.25) is 9.59 Å². The third-order valence-electron chi connectivity index (χ3n) is 3.49. The minimum Gasteiger partial charge on any atom is -0.378 e. The van der Waals surface area contributed by atoms with Crippen molar-refractivity contribution in [2.45, 2.75) is 26.4 Å². The van der Waals surface area contributed by atoms with Crippen molar-refractivity contribution in [3.63, 3.8) is 0 Å². The van der Waals surface area contributed by atoms with Crippen LogP contribution >= 0.6 is 0 Å². The Bertz CT molecular complexity index is 475. The number of aromatic nitrogens is 1. The lowest BCUT2D eigenvalue weighted by Gasteiger charge is -2.22. The zero-order valence-electron chi connectivity index (χ0n) is 11.3. The molecule has 1 fully saturated rings. The quantitative estimate of drug-likeness (QED) is 0.857. The first-order valence-electron chi connectivity index (χ1n) is 6.66. The molecule has 2 heterocycles. The van der Waals surface area contributed by atoms with E-state index in [-0.39, 0.29) is 17.6 Å². The summed E-state index contributed by atoms with van der Waals surface area (Å²) in [7, 11) is 0. The van der Waals surface area contributed by atoms with Gasteiger partial charge in [0.1, 0.15) is 0 Å². The highest BCUT2D eigenvalue weighted by molar-refractivity contribution is 5.93. The highest BCUT2D eigenvalue weighted by Gasteiger charge is 2.30. The smallest absolute Gasteiger partial charge is 0.252 e. The van der Waals surface area contributed by atoms with E-state index in [0.717, 1.165) is 13.0 Å². The lowest BCUT2D eigenvalue weighted by Crippen LogP contribution is -2.35. The summed E-state index contributed by atoms with van der Waals surface area (Å²) in [4.78, 5) is 25.3. The largest absolute Gasteiger partial charge is 0.378 e. The van der Waals surface area contributed by atoms with Gasteiger partial charge in [0, 0.05) is 31.3 Å². The molecule has 5 nitrogen and oxygen atoms in total. The maximum atomic E-state index is 11.9. The second-order valence-electron chi connectivity index (χ2n) is 5.28. The summed E-state index contributed by atoms with van der Waals surface area (Å²) in [5.74, 6) is 0.662. The number of nitrogens with one attached hydrogen (secondary N) is 2. The number of amides is 1. The third kappa shape index (κ3) is 3.44. The van der Waals surface area contributed by atoms with Gasteiger partial charge in [-0.25, -0.2) is 0 Å². The van der Waals surface area contributed by atoms with Crippen LogP contribution in [-0.2, 0) is 4.74 Å². The molecule has 2 atom stereocenters. The zero-order chi connectivity index (χ0) is 13.8. The third-order valence-corrected chi connectivity index (χ3v) is 3.49. The SMILES string of the molecule is CC(C)[C@H]1OCC[C@@H]1CNC(=O)c1ccc(=O)[nH]c1. The van der Waals surface area contributed by atoms with Gasteiger partial charge in [-0.2, -0.15) is 0 Å². The average Bonchev–Trinajstić information content (AvgIpc) is 2.85. The number of carbonyl (C=O) groups is 1. The zero-order valence-corrected chi connectivity index (χ0v) is 11.3. The predicted octanol–water partition coefficient (Wildman–Crippen LogP) is 1.17. The van der Waals surface area contributed by atoms with E-state index in [1.165, 1.54) is 18.3 Å². The molecule has 2 N–H and O–H groups in total. The van der Waals surface area contributed by atoms with Crippen LogP contribution < -0.4 is 10.9 Å². The molecule has 0 aromatic carbocycles. The molecule has 0 unspecified atom stereocenters. The number of aromatic amines is 1. The predicted molar refractivity (Wildman–Crippen MR) is 72.1 cm³/mol. The van der Waals surface area contributed by atoms with Crippen molar-refractivity contribution in [2.24, 2.45) is 11.8 Å². The number of ether oxygens (including phenoxy) is 1. The van der Waals surface area contributed by atoms with Gasteiger partial charge >= 0.3 is 0 Å². The van der Waals surface area contributed by atoms with Crippen LogP contribution in [0.25, 0.3) is 0 Å². The summed E-state index contributed by atoms with van der Waals surface area (Å²) in [5, 5.41) is 2.90. The van der Waals surface area contributed by atoms with E-state index >= 15 is 0 Å². The molecule has 0 aliphatic carbocycles. The molecule has 5 heteroatoms. The Morgan fingerprint density at radius 2 is 2.32 bits per heavy atom. The van der Waals surface area contributed by atoms with Gasteiger partial charge in [-0.15, -0.1) is 0 Å². The van der Waals surface area contributed by atoms with E-state index in [1.807, 2.05) is 0 Å². The van der Waals surface area contributed by atoms with Gasteiger partial charge in [-0.1, -0.05) is 13.8 Å². The number of hydrogen-bond acceptors (Lipinski definition) is 3. The summed E-state index contributed by atoms with van der Waals surface area (Å²) in [6, 6.07) is 2.88. The first-order valence-corrected chi connectivity index (χ1v) is 6.66. The van der Waals surface area contributed by atoms with Gasteiger partial charge in [0.05, 0.1) is 11.7 Å². The minimum atomic E-state index is -0.208. The maximum absolute atomic E-state index is 11.9. The topological polar surface area (TPSA) is 71.2 Å². The van der Waals surface area contributed by atoms with E-state index < -0.39 is 0 Å². The fourth-order valence-corrected chi connectivity index (χ4v) is 2.49. The molecule has 1 saturated heterocycles. The van der Waals surface area contributed by atoms with Crippen LogP contribution in [-0.4, -0.2) is 30.1 Å². The molecular formula is C14H20N2O3. The van der Waals surface area contributed by atoms with Crippen molar-refractivity contribution >= 4 is 5.91 Å². The lowest BCUT2D eigenvalue weighted by molar-refractivity contribution is 0.0533. The van der Waals surface area contributed by atoms with Gasteiger partial charge < -0.3 is 15.0 Å². The van der Waals surface area contributed by atoms with Gasteiger partial charge in [0.25, 0.3) is 5.91 Å². The van der Waals surface area contributed by atoms with Crippen LogP contribution in [0.4, 0.5) is 0 Å². The molecule has 0 bridgehead atoms. The van der Waals surface area contributed by atoms with Crippen LogP contribution in [0.5, 0.6) is 0 Å². The first kappa shape index (κ1) is 13.8. The van der Waals surface area contributed by atoms with Crippen molar-refractivity contribution in [3.05, 3.63) is 34.2 Å². The number of rotatable bonds is 4. The molecule has 1 aromatic rings. The standard InChI is InChI=1S/C14H20N2O3/c1-9(2)13-10(5-6-19-13)7-16-14(18)11-3-4-12(17)15-8-11/h3-4,8-10,13H,5-7H2,1-2H3,(H,15,17)(H,16,18)/t10-,13-/m1/s1. The Labute approximate surface area is 112 Å². The van der Waals surface area contributed by atoms with E-state index in [4.69, 9.17) is 4.74 Å². The van der Waals surface area contributed by atoms with Crippen molar-refractivity contribution in [2.75, 3.05) is 13.2 Å². The first-order chi connectivity index (χ1) is 9.08. The normalized spacial score (nSPS) is 22.7. The Hall–Kier alpha value is -1.62. The van der Waals surface area contributed by atoms with E-state index in [0.29, 0.717) is 23.9 Å². The lowest BCUT2D eigenvalue weighted by atomic mass is 9.93. The Kier molecular flexibility index (Phi) is 4.37. The van der Waals surface area contributed by atoms with Gasteiger partial charge in [-0.05, 0) is 18.4 Å². The van der Waals surface area contributed by atoms with E-state index in [2.05, 4.69) is 24.1 Å². The Morgan fingerprint density at radius 1 is 1.53 bits per heavy atom. The Balaban J connectivity index is 1.90. The monoisotopic (exact) mass is 264 g/mol. The number of hydrogen-bond donors (Lipinski definition) is 2. The summed E-state index contributed by atoms with van der Waals surface area (Å²) >= 11 is 0. The molecule has 0 radical (unpaired) electrons. The van der Waals surface area contributed by atoms with Crippen LogP contribution in [0.15, 0.2) is 23.1 Å². The molecule has 1 aromatic heterocycles. The van der Waals surface area contributed by atoms with E-state index in [9.17, 15) is 9.59 Å². The van der Waals surface area contributed by atoms with Gasteiger partial charge in [0.2, 0.25) is 5.56 Å². The molecule has 0 saturated carbocycles. The molecule has 2 rings (SSSR count). The van der Waals surface area contributed by atoms with Crippen LogP contribution in [0, 0.1) is 11.8 Å². The Morgan fingerprint density at radius 3 is 2.95 bits per heavy atom. The van der Waals surface area contributed by atoms with Crippen molar-refractivity contribution in [3.8, 4) is 0 Å². The highest BCUT2D eigenvalue weighted by atomic mass is 16.5. The maximum Gasteiger partial charge on any atom is 0.252 e. The summed E-state index contributed by atoms with van der Waals surface area (Å²) < 4.78 is 5.68. The van der Waals surface area contributed by atoms with E-state index in [1.54, 1.807) is 0 Å². The van der Waals surface area contributed by atoms with Crippen molar-refractivity contribution in [1.29, 1.82) is 0 Å². The molecule has 19 heavy (non-hydrogen) atoms. The highest BCUT2D eigenvalue weighted by Crippen LogP contribution is 2.26. The molecule has 1 aliphatic heterocycles. The molecule has 1 amide bonds. The average molecular weight is 264 g/mol. The molecule has 104 valence electrons. The minimum absolute atomic E-state index is 0.161. The number of carbonyl (C=O) groups excluding carboxylic acids is 1. The van der Waals surface area contributed by atoms with Crippen LogP contribution in [0.3, 0.4) is 0 Å². The number of H-pyrrole nitrogens is 1. The fraction of sp³-hybridized carbons (Fsp3) is 0.571. The number of pyridine rings is 1. The molecular weight excluding hydrogens is 244 g/mol. The summed E-state index contributed by atoms with van der Waals surface area (Å²) in [6.07, 6.45) is 2.63. The van der Waals surface area contributed by atoms with Crippen molar-refractivity contribution in [1.82, 2.24) is 10.3 Å². The fourth-order valence-electron chi connectivity index (χ4n) is 2.49. The second kappa shape index (κ2) is 6.02. The van der Waals surface area contributed by atoms with Crippen LogP contribution in [0.2, 0.25) is 0 Å². The second-order valence-corrected chi connectivity index (χ2v) is 5.28. The molecule has 0 spiro atoms.